The Hall–Kier alpha value is -1.48. The van der Waals surface area contributed by atoms with Crippen molar-refractivity contribution in [2.45, 2.75) is 142 Å². The van der Waals surface area contributed by atoms with E-state index in [1.54, 1.807) is 13.0 Å². The van der Waals surface area contributed by atoms with Crippen LogP contribution in [-0.4, -0.2) is 69.5 Å². The van der Waals surface area contributed by atoms with E-state index in [-0.39, 0.29) is 55.3 Å². The number of hydrogen-bond donors (Lipinski definition) is 3. The molecule has 0 aromatic carbocycles. The van der Waals surface area contributed by atoms with Gasteiger partial charge in [-0.3, -0.25) is 9.59 Å². The van der Waals surface area contributed by atoms with Crippen LogP contribution in [0.15, 0.2) is 12.2 Å². The Labute approximate surface area is 229 Å². The highest BCUT2D eigenvalue weighted by Crippen LogP contribution is 2.37. The molecule has 1 fully saturated rings. The molecule has 0 amide bonds. The van der Waals surface area contributed by atoms with E-state index in [1.165, 1.54) is 6.92 Å². The van der Waals surface area contributed by atoms with Gasteiger partial charge in [-0.2, -0.15) is 0 Å². The first-order chi connectivity index (χ1) is 17.7. The van der Waals surface area contributed by atoms with Gasteiger partial charge in [-0.15, -0.1) is 0 Å². The summed E-state index contributed by atoms with van der Waals surface area (Å²) in [6, 6.07) is 0. The maximum atomic E-state index is 12.6. The zero-order valence-corrected chi connectivity index (χ0v) is 24.5. The van der Waals surface area contributed by atoms with Crippen molar-refractivity contribution in [1.29, 1.82) is 0 Å². The highest BCUT2D eigenvalue weighted by molar-refractivity contribution is 5.70. The van der Waals surface area contributed by atoms with Crippen molar-refractivity contribution in [3.63, 3.8) is 0 Å². The largest absolute Gasteiger partial charge is 0.461 e. The number of cyclic esters (lactones) is 1. The molecule has 0 aliphatic carbocycles. The van der Waals surface area contributed by atoms with Crippen LogP contribution in [0.3, 0.4) is 0 Å². The molecule has 2 rings (SSSR count). The molecule has 11 unspecified atom stereocenters. The average molecular weight is 541 g/mol. The van der Waals surface area contributed by atoms with Crippen molar-refractivity contribution in [2.75, 3.05) is 0 Å². The summed E-state index contributed by atoms with van der Waals surface area (Å²) in [4.78, 5) is 24.3. The van der Waals surface area contributed by atoms with Gasteiger partial charge in [0.05, 0.1) is 30.8 Å². The van der Waals surface area contributed by atoms with Crippen LogP contribution in [0.25, 0.3) is 0 Å². The van der Waals surface area contributed by atoms with E-state index in [4.69, 9.17) is 14.2 Å². The minimum Gasteiger partial charge on any atom is -0.461 e. The summed E-state index contributed by atoms with van der Waals surface area (Å²) in [5.41, 5.74) is -1.38. The number of rotatable bonds is 11. The minimum atomic E-state index is -1.38. The van der Waals surface area contributed by atoms with E-state index >= 15 is 0 Å². The predicted molar refractivity (Wildman–Crippen MR) is 145 cm³/mol. The highest BCUT2D eigenvalue weighted by Gasteiger charge is 2.45. The van der Waals surface area contributed by atoms with Crippen molar-refractivity contribution in [2.24, 2.45) is 23.7 Å². The maximum Gasteiger partial charge on any atom is 0.308 e. The summed E-state index contributed by atoms with van der Waals surface area (Å²) in [5.74, 6) is -0.400. The van der Waals surface area contributed by atoms with E-state index < -0.39 is 35.9 Å². The molecule has 8 heteroatoms. The van der Waals surface area contributed by atoms with Crippen LogP contribution >= 0.6 is 0 Å². The van der Waals surface area contributed by atoms with Gasteiger partial charge in [0.1, 0.15) is 17.8 Å². The Balaban J connectivity index is 1.98. The van der Waals surface area contributed by atoms with Crippen LogP contribution in [0, 0.1) is 23.7 Å². The molecule has 0 bridgehead atoms. The molecule has 1 saturated heterocycles. The van der Waals surface area contributed by atoms with Gasteiger partial charge in [-0.1, -0.05) is 53.5 Å². The van der Waals surface area contributed by atoms with Gasteiger partial charge in [0, 0.05) is 18.8 Å². The van der Waals surface area contributed by atoms with Crippen LogP contribution in [0.1, 0.15) is 99.8 Å². The van der Waals surface area contributed by atoms with E-state index in [0.29, 0.717) is 5.92 Å². The van der Waals surface area contributed by atoms with Crippen LogP contribution in [0.4, 0.5) is 0 Å². The second-order valence-electron chi connectivity index (χ2n) is 12.2. The van der Waals surface area contributed by atoms with Gasteiger partial charge in [0.2, 0.25) is 0 Å². The Morgan fingerprint density at radius 2 is 1.89 bits per heavy atom. The molecular formula is C30H52O8. The number of hydrogen-bond acceptors (Lipinski definition) is 8. The molecule has 0 saturated carbocycles. The quantitative estimate of drug-likeness (QED) is 0.201. The lowest BCUT2D eigenvalue weighted by molar-refractivity contribution is -0.158. The van der Waals surface area contributed by atoms with E-state index in [9.17, 15) is 24.9 Å². The summed E-state index contributed by atoms with van der Waals surface area (Å²) < 4.78 is 17.1. The van der Waals surface area contributed by atoms with Crippen molar-refractivity contribution >= 4 is 11.9 Å². The third-order valence-corrected chi connectivity index (χ3v) is 8.38. The number of epoxide rings is 1. The molecule has 2 aliphatic rings. The van der Waals surface area contributed by atoms with Crippen molar-refractivity contribution in [3.8, 4) is 0 Å². The van der Waals surface area contributed by atoms with E-state index in [1.807, 2.05) is 19.9 Å². The number of aliphatic hydroxyl groups is 3. The lowest BCUT2D eigenvalue weighted by Gasteiger charge is -2.33. The third kappa shape index (κ3) is 10.2. The zero-order chi connectivity index (χ0) is 28.6. The van der Waals surface area contributed by atoms with Gasteiger partial charge in [-0.25, -0.2) is 0 Å². The molecule has 11 atom stereocenters. The monoisotopic (exact) mass is 540 g/mol. The molecular weight excluding hydrogens is 488 g/mol. The smallest absolute Gasteiger partial charge is 0.308 e. The first-order valence-electron chi connectivity index (χ1n) is 14.5. The molecule has 220 valence electrons. The second kappa shape index (κ2) is 14.8. The third-order valence-electron chi connectivity index (χ3n) is 8.38. The van der Waals surface area contributed by atoms with Gasteiger partial charge in [-0.05, 0) is 56.9 Å². The van der Waals surface area contributed by atoms with E-state index in [2.05, 4.69) is 20.8 Å². The van der Waals surface area contributed by atoms with Crippen molar-refractivity contribution in [1.82, 2.24) is 0 Å². The Kier molecular flexibility index (Phi) is 12.7. The second-order valence-corrected chi connectivity index (χ2v) is 12.2. The summed E-state index contributed by atoms with van der Waals surface area (Å²) in [6.45, 7) is 13.2. The van der Waals surface area contributed by atoms with Gasteiger partial charge in [0.15, 0.2) is 0 Å². The van der Waals surface area contributed by atoms with E-state index in [0.717, 1.165) is 32.1 Å². The SMILES string of the molecule is CCC(O)C(C)C1OC1CC(C)CCCC(C)C1OC(=O)CC(O)CCC(C)(O)C(OC(C)=O)C=CC1C. The van der Waals surface area contributed by atoms with Crippen LogP contribution in [0.2, 0.25) is 0 Å². The minimum absolute atomic E-state index is 0.0724. The molecule has 2 heterocycles. The number of carbonyl (C=O) groups is 2. The first-order valence-corrected chi connectivity index (χ1v) is 14.5. The Morgan fingerprint density at radius 3 is 2.53 bits per heavy atom. The summed E-state index contributed by atoms with van der Waals surface area (Å²) >= 11 is 0. The topological polar surface area (TPSA) is 126 Å². The number of esters is 2. The highest BCUT2D eigenvalue weighted by atomic mass is 16.6. The number of carbonyl (C=O) groups excluding carboxylic acids is 2. The molecule has 0 spiro atoms. The molecule has 0 aromatic heterocycles. The fourth-order valence-electron chi connectivity index (χ4n) is 5.64. The van der Waals surface area contributed by atoms with Gasteiger partial charge < -0.3 is 29.5 Å². The van der Waals surface area contributed by atoms with Crippen molar-refractivity contribution in [3.05, 3.63) is 12.2 Å². The van der Waals surface area contributed by atoms with Crippen LogP contribution in [0.5, 0.6) is 0 Å². The lowest BCUT2D eigenvalue weighted by Crippen LogP contribution is -2.42. The summed E-state index contributed by atoms with van der Waals surface area (Å²) in [5, 5.41) is 31.4. The Morgan fingerprint density at radius 1 is 1.21 bits per heavy atom. The average Bonchev–Trinajstić information content (AvgIpc) is 3.60. The molecule has 2 aliphatic heterocycles. The molecule has 0 aromatic rings. The number of ether oxygens (including phenoxy) is 3. The number of aliphatic hydroxyl groups excluding tert-OH is 2. The maximum absolute atomic E-state index is 12.6. The fraction of sp³-hybridized carbons (Fsp3) is 0.867. The zero-order valence-electron chi connectivity index (χ0n) is 24.5. The summed E-state index contributed by atoms with van der Waals surface area (Å²) in [6.07, 6.45) is 6.18. The van der Waals surface area contributed by atoms with Crippen LogP contribution < -0.4 is 0 Å². The standard InChI is InChI=1S/C30H52O8/c1-8-24(33)21(5)29-25(37-29)16-18(2)10-9-11-19(3)28-20(4)12-13-26(36-22(6)31)30(7,35)15-14-23(32)17-27(34)38-28/h12-13,18-21,23-26,28-29,32-33,35H,8-11,14-17H2,1-7H3. The van der Waals surface area contributed by atoms with Crippen LogP contribution in [-0.2, 0) is 23.8 Å². The molecule has 38 heavy (non-hydrogen) atoms. The molecule has 0 radical (unpaired) electrons. The Bertz CT molecular complexity index is 780. The van der Waals surface area contributed by atoms with Gasteiger partial charge >= 0.3 is 11.9 Å². The van der Waals surface area contributed by atoms with Crippen molar-refractivity contribution < 1.29 is 39.1 Å². The predicted octanol–water partition coefficient (Wildman–Crippen LogP) is 4.33. The van der Waals surface area contributed by atoms with Gasteiger partial charge in [0.25, 0.3) is 0 Å². The lowest BCUT2D eigenvalue weighted by atomic mass is 9.85. The first kappa shape index (κ1) is 32.7. The molecule has 8 nitrogen and oxygen atoms in total. The summed E-state index contributed by atoms with van der Waals surface area (Å²) in [7, 11) is 0. The normalized spacial score (nSPS) is 35.7. The fourth-order valence-corrected chi connectivity index (χ4v) is 5.64. The molecule has 3 N–H and O–H groups in total.